The molecular weight excluding hydrogens is 438 g/mol. The second-order valence-electron chi connectivity index (χ2n) is 8.83. The molecule has 0 saturated carbocycles. The Kier molecular flexibility index (Phi) is 8.95. The molecule has 1 amide bonds. The predicted octanol–water partition coefficient (Wildman–Crippen LogP) is 1.32. The predicted molar refractivity (Wildman–Crippen MR) is 126 cm³/mol. The van der Waals surface area contributed by atoms with E-state index >= 15 is 0 Å². The molecule has 4 rings (SSSR count). The van der Waals surface area contributed by atoms with Crippen LogP contribution in [0.4, 0.5) is 0 Å². The standard InChI is InChI=1S/C25H35N3O6/c1-31-22-5-2-4-20(14-22)25(30)28-9-7-26(8-10-28)16-24-17-27(11-13-34-24)15-21(29)18-32-19-23-6-3-12-33-23/h2-6,12,14,21,24,29H,7-11,13,15-19H2,1H3. The van der Waals surface area contributed by atoms with Crippen LogP contribution < -0.4 is 4.74 Å². The van der Waals surface area contributed by atoms with Gasteiger partial charge < -0.3 is 28.6 Å². The van der Waals surface area contributed by atoms with Gasteiger partial charge in [0.2, 0.25) is 0 Å². The van der Waals surface area contributed by atoms with Crippen LogP contribution in [0, 0.1) is 0 Å². The van der Waals surface area contributed by atoms with E-state index in [1.54, 1.807) is 19.4 Å². The quantitative estimate of drug-likeness (QED) is 0.553. The Balaban J connectivity index is 1.16. The van der Waals surface area contributed by atoms with Gasteiger partial charge in [0, 0.05) is 57.9 Å². The van der Waals surface area contributed by atoms with Crippen molar-refractivity contribution in [3.63, 3.8) is 0 Å². The van der Waals surface area contributed by atoms with Crippen LogP contribution >= 0.6 is 0 Å². The van der Waals surface area contributed by atoms with Crippen molar-refractivity contribution in [3.8, 4) is 5.75 Å². The Morgan fingerprint density at radius 1 is 1.15 bits per heavy atom. The van der Waals surface area contributed by atoms with Crippen LogP contribution in [0.3, 0.4) is 0 Å². The van der Waals surface area contributed by atoms with Crippen molar-refractivity contribution in [3.05, 3.63) is 54.0 Å². The molecule has 34 heavy (non-hydrogen) atoms. The molecule has 2 saturated heterocycles. The monoisotopic (exact) mass is 473 g/mol. The number of nitrogens with zero attached hydrogens (tertiary/aromatic N) is 3. The number of aliphatic hydroxyl groups excluding tert-OH is 1. The number of methoxy groups -OCH3 is 1. The summed E-state index contributed by atoms with van der Waals surface area (Å²) < 4.78 is 22.0. The second kappa shape index (κ2) is 12.3. The van der Waals surface area contributed by atoms with Gasteiger partial charge in [0.25, 0.3) is 5.91 Å². The summed E-state index contributed by atoms with van der Waals surface area (Å²) in [5.41, 5.74) is 0.658. The number of rotatable bonds is 10. The van der Waals surface area contributed by atoms with Crippen LogP contribution in [0.25, 0.3) is 0 Å². The van der Waals surface area contributed by atoms with Crippen molar-refractivity contribution in [2.24, 2.45) is 0 Å². The fraction of sp³-hybridized carbons (Fsp3) is 0.560. The number of hydrogen-bond donors (Lipinski definition) is 1. The molecule has 2 fully saturated rings. The number of ether oxygens (including phenoxy) is 3. The van der Waals surface area contributed by atoms with Crippen molar-refractivity contribution < 1.29 is 28.5 Å². The molecule has 2 atom stereocenters. The zero-order chi connectivity index (χ0) is 23.8. The molecule has 2 aliphatic rings. The summed E-state index contributed by atoms with van der Waals surface area (Å²) in [7, 11) is 1.61. The summed E-state index contributed by atoms with van der Waals surface area (Å²) >= 11 is 0. The van der Waals surface area contributed by atoms with Crippen molar-refractivity contribution in [2.45, 2.75) is 18.8 Å². The Hall–Kier alpha value is -2.43. The lowest BCUT2D eigenvalue weighted by molar-refractivity contribution is -0.0649. The Bertz CT molecular complexity index is 885. The molecule has 3 heterocycles. The number of benzene rings is 1. The van der Waals surface area contributed by atoms with E-state index in [-0.39, 0.29) is 18.6 Å². The van der Waals surface area contributed by atoms with Gasteiger partial charge in [-0.2, -0.15) is 0 Å². The largest absolute Gasteiger partial charge is 0.497 e. The minimum absolute atomic E-state index is 0.0434. The first-order valence-electron chi connectivity index (χ1n) is 11.9. The third-order valence-corrected chi connectivity index (χ3v) is 6.26. The summed E-state index contributed by atoms with van der Waals surface area (Å²) in [6.45, 7) is 7.26. The van der Waals surface area contributed by atoms with Crippen LogP contribution in [-0.2, 0) is 16.1 Å². The highest BCUT2D eigenvalue weighted by Crippen LogP contribution is 2.16. The third-order valence-electron chi connectivity index (χ3n) is 6.26. The van der Waals surface area contributed by atoms with E-state index in [0.717, 1.165) is 38.5 Å². The Morgan fingerprint density at radius 3 is 2.76 bits per heavy atom. The number of β-amino-alcohol motifs (C(OH)–C–C–N with tert-alkyl or cyclic N) is 1. The summed E-state index contributed by atoms with van der Waals surface area (Å²) in [5, 5.41) is 10.4. The normalized spacial score (nSPS) is 20.9. The number of morpholine rings is 1. The lowest BCUT2D eigenvalue weighted by Gasteiger charge is -2.39. The highest BCUT2D eigenvalue weighted by molar-refractivity contribution is 5.94. The first kappa shape index (κ1) is 24.7. The van der Waals surface area contributed by atoms with Gasteiger partial charge in [-0.25, -0.2) is 0 Å². The second-order valence-corrected chi connectivity index (χ2v) is 8.83. The van der Waals surface area contributed by atoms with Crippen molar-refractivity contribution in [1.82, 2.24) is 14.7 Å². The Morgan fingerprint density at radius 2 is 2.00 bits per heavy atom. The molecule has 1 aromatic heterocycles. The van der Waals surface area contributed by atoms with Crippen molar-refractivity contribution in [1.29, 1.82) is 0 Å². The summed E-state index contributed by atoms with van der Waals surface area (Å²) in [4.78, 5) is 19.3. The highest BCUT2D eigenvalue weighted by atomic mass is 16.5. The SMILES string of the molecule is COc1cccc(C(=O)N2CCN(CC3CN(CC(O)COCc4ccco4)CCO3)CC2)c1. The molecule has 186 valence electrons. The highest BCUT2D eigenvalue weighted by Gasteiger charge is 2.27. The number of carbonyl (C=O) groups excluding carboxylic acids is 1. The minimum Gasteiger partial charge on any atom is -0.497 e. The molecule has 2 aromatic rings. The van der Waals surface area contributed by atoms with E-state index in [1.165, 1.54) is 0 Å². The fourth-order valence-corrected chi connectivity index (χ4v) is 4.46. The smallest absolute Gasteiger partial charge is 0.254 e. The lowest BCUT2D eigenvalue weighted by atomic mass is 10.1. The van der Waals surface area contributed by atoms with Crippen LogP contribution in [0.15, 0.2) is 47.1 Å². The van der Waals surface area contributed by atoms with E-state index < -0.39 is 6.10 Å². The van der Waals surface area contributed by atoms with Crippen LogP contribution in [0.5, 0.6) is 5.75 Å². The first-order chi connectivity index (χ1) is 16.6. The van der Waals surface area contributed by atoms with Crippen LogP contribution in [-0.4, -0.2) is 111 Å². The third kappa shape index (κ3) is 7.04. The van der Waals surface area contributed by atoms with Gasteiger partial charge >= 0.3 is 0 Å². The number of aliphatic hydroxyl groups is 1. The molecule has 9 heteroatoms. The van der Waals surface area contributed by atoms with E-state index in [2.05, 4.69) is 9.80 Å². The Labute approximate surface area is 200 Å². The van der Waals surface area contributed by atoms with Crippen LogP contribution in [0.1, 0.15) is 16.1 Å². The zero-order valence-corrected chi connectivity index (χ0v) is 19.8. The first-order valence-corrected chi connectivity index (χ1v) is 11.9. The van der Waals surface area contributed by atoms with Gasteiger partial charge in [0.15, 0.2) is 0 Å². The lowest BCUT2D eigenvalue weighted by Crippen LogP contribution is -2.54. The molecule has 0 radical (unpaired) electrons. The van der Waals surface area contributed by atoms with Crippen LogP contribution in [0.2, 0.25) is 0 Å². The van der Waals surface area contributed by atoms with Gasteiger partial charge in [-0.1, -0.05) is 6.07 Å². The number of hydrogen-bond acceptors (Lipinski definition) is 8. The van der Waals surface area contributed by atoms with E-state index in [0.29, 0.717) is 44.2 Å². The molecule has 2 aliphatic heterocycles. The van der Waals surface area contributed by atoms with Gasteiger partial charge in [-0.3, -0.25) is 14.6 Å². The maximum Gasteiger partial charge on any atom is 0.254 e. The average molecular weight is 474 g/mol. The number of furan rings is 1. The summed E-state index contributed by atoms with van der Waals surface area (Å²) in [6, 6.07) is 11.0. The molecule has 0 spiro atoms. The molecule has 0 aliphatic carbocycles. The van der Waals surface area contributed by atoms with Crippen molar-refractivity contribution >= 4 is 5.91 Å². The molecule has 0 bridgehead atoms. The maximum atomic E-state index is 12.8. The average Bonchev–Trinajstić information content (AvgIpc) is 3.38. The molecular formula is C25H35N3O6. The molecule has 2 unspecified atom stereocenters. The number of amides is 1. The van der Waals surface area contributed by atoms with Crippen molar-refractivity contribution in [2.75, 3.05) is 72.7 Å². The minimum atomic E-state index is -0.556. The topological polar surface area (TPSA) is 87.9 Å². The van der Waals surface area contributed by atoms with Gasteiger partial charge in [0.05, 0.1) is 38.8 Å². The zero-order valence-electron chi connectivity index (χ0n) is 19.8. The van der Waals surface area contributed by atoms with Gasteiger partial charge in [-0.05, 0) is 30.3 Å². The van der Waals surface area contributed by atoms with E-state index in [1.807, 2.05) is 35.2 Å². The molecule has 9 nitrogen and oxygen atoms in total. The number of carbonyl (C=O) groups is 1. The summed E-state index contributed by atoms with van der Waals surface area (Å²) in [6.07, 6.45) is 1.15. The van der Waals surface area contributed by atoms with E-state index in [9.17, 15) is 9.90 Å². The fourth-order valence-electron chi connectivity index (χ4n) is 4.46. The van der Waals surface area contributed by atoms with E-state index in [4.69, 9.17) is 18.6 Å². The van der Waals surface area contributed by atoms with Gasteiger partial charge in [0.1, 0.15) is 18.1 Å². The summed E-state index contributed by atoms with van der Waals surface area (Å²) in [5.74, 6) is 1.49. The molecule has 1 aromatic carbocycles. The molecule has 1 N–H and O–H groups in total. The van der Waals surface area contributed by atoms with Gasteiger partial charge in [-0.15, -0.1) is 0 Å². The maximum absolute atomic E-state index is 12.8. The number of piperazine rings is 1.